The van der Waals surface area contributed by atoms with Crippen LogP contribution >= 0.6 is 11.6 Å². The van der Waals surface area contributed by atoms with Gasteiger partial charge in [-0.2, -0.15) is 0 Å². The molecule has 1 N–H and O–H groups in total. The van der Waals surface area contributed by atoms with Crippen molar-refractivity contribution in [3.8, 4) is 11.1 Å². The molecule has 0 spiro atoms. The number of methoxy groups -OCH3 is 1. The predicted octanol–water partition coefficient (Wildman–Crippen LogP) is 6.61. The monoisotopic (exact) mass is 470 g/mol. The molecular formula is C28H23ClN2O3. The van der Waals surface area contributed by atoms with Gasteiger partial charge in [0.25, 0.3) is 0 Å². The maximum atomic E-state index is 12.8. The number of esters is 1. The van der Waals surface area contributed by atoms with E-state index in [1.165, 1.54) is 13.2 Å². The summed E-state index contributed by atoms with van der Waals surface area (Å²) in [7, 11) is 1.33. The van der Waals surface area contributed by atoms with Crippen molar-refractivity contribution in [2.75, 3.05) is 12.4 Å². The number of ether oxygens (including phenoxy) is 1. The average Bonchev–Trinajstić information content (AvgIpc) is 2.83. The van der Waals surface area contributed by atoms with Gasteiger partial charge in [0, 0.05) is 27.6 Å². The number of nitrogens with zero attached hydrogens (tertiary/aromatic N) is 1. The van der Waals surface area contributed by atoms with Crippen molar-refractivity contribution in [2.45, 2.75) is 13.8 Å². The van der Waals surface area contributed by atoms with E-state index < -0.39 is 5.97 Å². The number of amides is 1. The first-order valence-corrected chi connectivity index (χ1v) is 11.1. The van der Waals surface area contributed by atoms with E-state index in [4.69, 9.17) is 16.3 Å². The summed E-state index contributed by atoms with van der Waals surface area (Å²) in [5.41, 5.74) is 6.44. The lowest BCUT2D eigenvalue weighted by atomic mass is 9.96. The van der Waals surface area contributed by atoms with Gasteiger partial charge in [-0.3, -0.25) is 9.78 Å². The Morgan fingerprint density at radius 1 is 1.03 bits per heavy atom. The van der Waals surface area contributed by atoms with E-state index >= 15 is 0 Å². The quantitative estimate of drug-likeness (QED) is 0.263. The molecule has 4 rings (SSSR count). The highest BCUT2D eigenvalue weighted by molar-refractivity contribution is 6.34. The van der Waals surface area contributed by atoms with Crippen LogP contribution in [0.5, 0.6) is 0 Å². The zero-order valence-electron chi connectivity index (χ0n) is 19.1. The molecule has 0 saturated heterocycles. The number of aromatic nitrogens is 1. The van der Waals surface area contributed by atoms with Crippen molar-refractivity contribution in [3.05, 3.63) is 100 Å². The van der Waals surface area contributed by atoms with Crippen LogP contribution in [0.1, 0.15) is 27.0 Å². The highest BCUT2D eigenvalue weighted by atomic mass is 35.5. The van der Waals surface area contributed by atoms with E-state index in [0.717, 1.165) is 38.7 Å². The molecule has 0 atom stereocenters. The summed E-state index contributed by atoms with van der Waals surface area (Å²) in [5, 5.41) is 4.47. The molecule has 0 aliphatic carbocycles. The molecule has 0 bridgehead atoms. The molecule has 0 radical (unpaired) electrons. The van der Waals surface area contributed by atoms with Crippen LogP contribution in [0.15, 0.2) is 72.9 Å². The van der Waals surface area contributed by atoms with Gasteiger partial charge in [0.05, 0.1) is 30.1 Å². The van der Waals surface area contributed by atoms with Gasteiger partial charge < -0.3 is 10.1 Å². The molecule has 170 valence electrons. The van der Waals surface area contributed by atoms with Crippen molar-refractivity contribution in [2.24, 2.45) is 0 Å². The first kappa shape index (κ1) is 23.2. The first-order chi connectivity index (χ1) is 16.4. The van der Waals surface area contributed by atoms with Gasteiger partial charge >= 0.3 is 5.97 Å². The van der Waals surface area contributed by atoms with Crippen molar-refractivity contribution < 1.29 is 14.3 Å². The number of hydrogen-bond acceptors (Lipinski definition) is 4. The Morgan fingerprint density at radius 2 is 1.76 bits per heavy atom. The third kappa shape index (κ3) is 4.85. The van der Waals surface area contributed by atoms with Crippen molar-refractivity contribution in [1.82, 2.24) is 4.98 Å². The predicted molar refractivity (Wildman–Crippen MR) is 137 cm³/mol. The number of hydrogen-bond donors (Lipinski definition) is 1. The summed E-state index contributed by atoms with van der Waals surface area (Å²) in [4.78, 5) is 29.0. The molecule has 0 saturated carbocycles. The number of rotatable bonds is 5. The lowest BCUT2D eigenvalue weighted by Gasteiger charge is -2.16. The summed E-state index contributed by atoms with van der Waals surface area (Å²) in [6.07, 6.45) is 4.78. The smallest absolute Gasteiger partial charge is 0.337 e. The first-order valence-electron chi connectivity index (χ1n) is 10.7. The Balaban J connectivity index is 1.70. The summed E-state index contributed by atoms with van der Waals surface area (Å²) in [6, 6.07) is 18.5. The van der Waals surface area contributed by atoms with Gasteiger partial charge in [-0.15, -0.1) is 0 Å². The number of fused-ring (bicyclic) bond motifs is 1. The Bertz CT molecular complexity index is 1430. The molecule has 1 heterocycles. The second-order valence-electron chi connectivity index (χ2n) is 7.94. The Kier molecular flexibility index (Phi) is 6.75. The molecular weight excluding hydrogens is 448 g/mol. The molecule has 0 fully saturated rings. The molecule has 1 aromatic heterocycles. The third-order valence-corrected chi connectivity index (χ3v) is 5.80. The fraction of sp³-hybridized carbons (Fsp3) is 0.107. The van der Waals surface area contributed by atoms with E-state index in [1.54, 1.807) is 36.5 Å². The minimum absolute atomic E-state index is 0.309. The summed E-state index contributed by atoms with van der Waals surface area (Å²) in [6.45, 7) is 4.05. The van der Waals surface area contributed by atoms with Crippen LogP contribution in [0.4, 0.5) is 5.69 Å². The number of nitrogens with one attached hydrogen (secondary N) is 1. The normalized spacial score (nSPS) is 11.1. The number of aryl methyl sites for hydroxylation is 2. The number of anilines is 1. The Hall–Kier alpha value is -3.96. The largest absolute Gasteiger partial charge is 0.465 e. The summed E-state index contributed by atoms with van der Waals surface area (Å²) in [5.74, 6) is -0.717. The van der Waals surface area contributed by atoms with E-state index in [-0.39, 0.29) is 5.91 Å². The van der Waals surface area contributed by atoms with Crippen LogP contribution in [0.25, 0.3) is 28.1 Å². The van der Waals surface area contributed by atoms with Gasteiger partial charge in [0.15, 0.2) is 0 Å². The summed E-state index contributed by atoms with van der Waals surface area (Å²) < 4.78 is 4.71. The maximum absolute atomic E-state index is 12.8. The van der Waals surface area contributed by atoms with Crippen molar-refractivity contribution in [1.29, 1.82) is 0 Å². The third-order valence-electron chi connectivity index (χ3n) is 5.47. The summed E-state index contributed by atoms with van der Waals surface area (Å²) >= 11 is 6.55. The topological polar surface area (TPSA) is 68.3 Å². The fourth-order valence-corrected chi connectivity index (χ4v) is 4.13. The number of halogens is 1. The zero-order chi connectivity index (χ0) is 24.2. The van der Waals surface area contributed by atoms with Crippen LogP contribution in [0, 0.1) is 13.8 Å². The van der Waals surface area contributed by atoms with Crippen LogP contribution in [0.2, 0.25) is 5.02 Å². The molecule has 3 aromatic carbocycles. The standard InChI is InChI=1S/C28H23ClN2O3/c1-17-14-18(2)27-22(15-17)26(21-6-4-5-7-23(21)29)24(16-30-27)31-25(32)13-10-19-8-11-20(12-9-19)28(33)34-3/h4-16H,1-3H3,(H,31,32). The number of carbonyl (C=O) groups excluding carboxylic acids is 2. The Labute approximate surface area is 203 Å². The lowest BCUT2D eigenvalue weighted by Crippen LogP contribution is -2.10. The molecule has 0 unspecified atom stereocenters. The molecule has 4 aromatic rings. The van der Waals surface area contributed by atoms with Crippen LogP contribution < -0.4 is 5.32 Å². The molecule has 0 aliphatic rings. The zero-order valence-corrected chi connectivity index (χ0v) is 19.8. The Morgan fingerprint density at radius 3 is 2.47 bits per heavy atom. The number of pyridine rings is 1. The number of benzene rings is 3. The van der Waals surface area contributed by atoms with Crippen molar-refractivity contribution in [3.63, 3.8) is 0 Å². The second-order valence-corrected chi connectivity index (χ2v) is 8.35. The minimum atomic E-state index is -0.408. The molecule has 1 amide bonds. The fourth-order valence-electron chi connectivity index (χ4n) is 3.90. The van der Waals surface area contributed by atoms with Gasteiger partial charge in [-0.25, -0.2) is 4.79 Å². The van der Waals surface area contributed by atoms with Crippen molar-refractivity contribution >= 4 is 46.1 Å². The van der Waals surface area contributed by atoms with Gasteiger partial charge in [0.2, 0.25) is 5.91 Å². The van der Waals surface area contributed by atoms with Crippen LogP contribution in [0.3, 0.4) is 0 Å². The minimum Gasteiger partial charge on any atom is -0.465 e. The molecule has 5 nitrogen and oxygen atoms in total. The molecule has 0 aliphatic heterocycles. The van der Waals surface area contributed by atoms with Gasteiger partial charge in [-0.05, 0) is 55.3 Å². The van der Waals surface area contributed by atoms with E-state index in [2.05, 4.69) is 22.4 Å². The number of carbonyl (C=O) groups is 2. The van der Waals surface area contributed by atoms with Gasteiger partial charge in [0.1, 0.15) is 0 Å². The van der Waals surface area contributed by atoms with Gasteiger partial charge in [-0.1, -0.05) is 53.6 Å². The van der Waals surface area contributed by atoms with E-state index in [0.29, 0.717) is 16.3 Å². The maximum Gasteiger partial charge on any atom is 0.337 e. The molecule has 34 heavy (non-hydrogen) atoms. The van der Waals surface area contributed by atoms with Crippen LogP contribution in [-0.2, 0) is 9.53 Å². The highest BCUT2D eigenvalue weighted by Gasteiger charge is 2.16. The van der Waals surface area contributed by atoms with Crippen LogP contribution in [-0.4, -0.2) is 24.0 Å². The lowest BCUT2D eigenvalue weighted by molar-refractivity contribution is -0.111. The SMILES string of the molecule is COC(=O)c1ccc(C=CC(=O)Nc2cnc3c(C)cc(C)cc3c2-c2ccccc2Cl)cc1. The van der Waals surface area contributed by atoms with E-state index in [1.807, 2.05) is 38.1 Å². The molecule has 6 heteroatoms. The van der Waals surface area contributed by atoms with E-state index in [9.17, 15) is 9.59 Å². The highest BCUT2D eigenvalue weighted by Crippen LogP contribution is 2.39. The average molecular weight is 471 g/mol. The second kappa shape index (κ2) is 9.89.